The molecular weight excluding hydrogens is 823 g/mol. The normalized spacial score (nSPS) is 27.3. The fourth-order valence-electron chi connectivity index (χ4n) is 12.7. The summed E-state index contributed by atoms with van der Waals surface area (Å²) in [4.78, 5) is 0. The zero-order valence-corrected chi connectivity index (χ0v) is 37.9. The molecule has 1 saturated heterocycles. The highest BCUT2D eigenvalue weighted by Gasteiger charge is 2.55. The number of phenolic OH excluding ortho intramolecular Hbond substituents is 2. The summed E-state index contributed by atoms with van der Waals surface area (Å²) in [6.07, 6.45) is 18.3. The van der Waals surface area contributed by atoms with Crippen LogP contribution >= 0.6 is 0 Å². The molecule has 2 fully saturated rings. The highest BCUT2D eigenvalue weighted by atomic mass is 16.5. The Morgan fingerprint density at radius 1 is 0.879 bits per heavy atom. The Morgan fingerprint density at radius 3 is 2.59 bits per heavy atom. The lowest BCUT2D eigenvalue weighted by Gasteiger charge is -2.54. The zero-order valence-electron chi connectivity index (χ0n) is 37.9. The Bertz CT molecular complexity index is 2740. The Labute approximate surface area is 388 Å². The number of rotatable bonds is 4. The first-order valence-corrected chi connectivity index (χ1v) is 24.6. The second-order valence-electron chi connectivity index (χ2n) is 20.2. The Balaban J connectivity index is 1.06. The van der Waals surface area contributed by atoms with Crippen LogP contribution in [0.3, 0.4) is 0 Å². The molecule has 1 saturated carbocycles. The van der Waals surface area contributed by atoms with Crippen molar-refractivity contribution in [1.82, 2.24) is 9.88 Å². The van der Waals surface area contributed by atoms with Gasteiger partial charge in [0.05, 0.1) is 31.6 Å². The van der Waals surface area contributed by atoms with Gasteiger partial charge in [-0.2, -0.15) is 0 Å². The number of aryl methyl sites for hydroxylation is 2. The molecule has 9 heteroatoms. The average molecular weight is 886 g/mol. The fourth-order valence-corrected chi connectivity index (χ4v) is 12.7. The van der Waals surface area contributed by atoms with Gasteiger partial charge in [0.15, 0.2) is 11.5 Å². The van der Waals surface area contributed by atoms with E-state index >= 15 is 0 Å². The molecule has 1 spiro atoms. The minimum atomic E-state index is -0.579. The summed E-state index contributed by atoms with van der Waals surface area (Å²) < 4.78 is 22.1. The topological polar surface area (TPSA) is 131 Å². The Kier molecular flexibility index (Phi) is 11.7. The number of dihydropyridines is 1. The van der Waals surface area contributed by atoms with E-state index in [0.717, 1.165) is 90.4 Å². The van der Waals surface area contributed by atoms with Gasteiger partial charge in [-0.05, 0) is 158 Å². The van der Waals surface area contributed by atoms with E-state index in [1.807, 2.05) is 30.3 Å². The maximum absolute atomic E-state index is 11.6. The number of hydrogen-bond donors (Lipinski definition) is 5. The van der Waals surface area contributed by atoms with Crippen LogP contribution in [0.5, 0.6) is 17.2 Å². The predicted octanol–water partition coefficient (Wildman–Crippen LogP) is 9.67. The molecule has 342 valence electrons. The van der Waals surface area contributed by atoms with Crippen LogP contribution < -0.4 is 15.8 Å². The van der Waals surface area contributed by atoms with Gasteiger partial charge in [-0.3, -0.25) is 0 Å². The van der Waals surface area contributed by atoms with E-state index in [2.05, 4.69) is 70.5 Å². The first-order valence-electron chi connectivity index (χ1n) is 24.6. The molecular formula is C57H63N3O6. The van der Waals surface area contributed by atoms with Crippen LogP contribution in [0.2, 0.25) is 0 Å². The first kappa shape index (κ1) is 43.1. The molecule has 1 unspecified atom stereocenters. The van der Waals surface area contributed by atoms with Crippen molar-refractivity contribution in [3.63, 3.8) is 0 Å². The third-order valence-corrected chi connectivity index (χ3v) is 16.1. The number of aromatic nitrogens is 1. The highest BCUT2D eigenvalue weighted by molar-refractivity contribution is 5.88. The number of aliphatic hydroxyl groups excluding tert-OH is 1. The van der Waals surface area contributed by atoms with Crippen LogP contribution in [0, 0.1) is 23.7 Å². The monoisotopic (exact) mass is 885 g/mol. The summed E-state index contributed by atoms with van der Waals surface area (Å²) in [6.45, 7) is 2.00. The molecule has 4 aromatic carbocycles. The van der Waals surface area contributed by atoms with Crippen LogP contribution in [-0.2, 0) is 39.8 Å². The quantitative estimate of drug-likeness (QED) is 0.113. The number of ether oxygens (including phenoxy) is 3. The van der Waals surface area contributed by atoms with Gasteiger partial charge in [0.1, 0.15) is 18.2 Å². The number of aromatic hydroxyl groups is 2. The van der Waals surface area contributed by atoms with Crippen molar-refractivity contribution in [1.29, 1.82) is 0 Å². The minimum Gasteiger partial charge on any atom is -0.508 e. The van der Waals surface area contributed by atoms with Crippen molar-refractivity contribution in [3.05, 3.63) is 142 Å². The van der Waals surface area contributed by atoms with E-state index in [4.69, 9.17) is 19.9 Å². The molecule has 0 amide bonds. The van der Waals surface area contributed by atoms with Crippen LogP contribution in [0.15, 0.2) is 108 Å². The van der Waals surface area contributed by atoms with Gasteiger partial charge in [-0.1, -0.05) is 73.2 Å². The van der Waals surface area contributed by atoms with Gasteiger partial charge in [-0.15, -0.1) is 0 Å². The van der Waals surface area contributed by atoms with Gasteiger partial charge < -0.3 is 45.1 Å². The lowest BCUT2D eigenvalue weighted by atomic mass is 9.51. The largest absolute Gasteiger partial charge is 0.508 e. The van der Waals surface area contributed by atoms with E-state index in [-0.39, 0.29) is 41.0 Å². The third-order valence-electron chi connectivity index (χ3n) is 16.1. The second kappa shape index (κ2) is 18.0. The molecule has 5 aromatic rings. The van der Waals surface area contributed by atoms with Gasteiger partial charge in [0.2, 0.25) is 0 Å². The van der Waals surface area contributed by atoms with Crippen molar-refractivity contribution in [2.75, 3.05) is 19.8 Å². The summed E-state index contributed by atoms with van der Waals surface area (Å²) in [5.41, 5.74) is 16.1. The molecule has 6 aliphatic rings. The lowest BCUT2D eigenvalue weighted by molar-refractivity contribution is -0.00873. The number of nitrogens with one attached hydrogen (secondary N) is 1. The number of phenols is 2. The molecule has 0 radical (unpaired) electrons. The average Bonchev–Trinajstić information content (AvgIpc) is 3.98. The molecule has 1 aromatic heterocycles. The molecule has 66 heavy (non-hydrogen) atoms. The predicted molar refractivity (Wildman–Crippen MR) is 258 cm³/mol. The van der Waals surface area contributed by atoms with Crippen molar-refractivity contribution >= 4 is 16.6 Å². The first-order chi connectivity index (χ1) is 32.2. The molecule has 6 atom stereocenters. The molecule has 11 rings (SSSR count). The number of nitrogens with zero attached hydrogens (tertiary/aromatic N) is 1. The standard InChI is InChI=1S/C57H63N3O6/c58-54-29-40-17-12-37(10-11-38-13-18-45(61)19-14-38)6-5-7-47-30-46(62)20-15-39-16-21-52(63)53(26-39)66-34-42-28-43(27-41-32-60(33-48(41)42)55(59-54)49(40)36-65-47)57-24-25-64-35-44(57)31-56(22-3-4-23-56)50-8-1-2-9-51(50)57/h1-2,8-9,13-14,16,18-19,21,26-29,32-33,37,44,46-47,54,59,61-63H,3-7,10-11,15,20,22-25,30-31,34-36,58H2/t37-,44-,46+,47-,54?,57-/m0/s1. The van der Waals surface area contributed by atoms with Crippen molar-refractivity contribution in [2.45, 2.75) is 126 Å². The van der Waals surface area contributed by atoms with Crippen LogP contribution in [0.25, 0.3) is 16.6 Å². The summed E-state index contributed by atoms with van der Waals surface area (Å²) >= 11 is 0. The SMILES string of the molecule is NC1C=C2C#C[C@H](CCc3ccc(O)cc3)CCC[C@H]3C[C@H](O)CCc4ccc(O)c(c4)OCc4cc([C@@]56CCOC[C@@H]5CC5(CCCC5)c5ccccc56)cc5cn(cc45)C(=C2CO3)N1. The van der Waals surface area contributed by atoms with Crippen molar-refractivity contribution in [2.24, 2.45) is 17.6 Å². The van der Waals surface area contributed by atoms with Crippen LogP contribution in [0.1, 0.15) is 110 Å². The molecule has 6 bridgehead atoms. The third kappa shape index (κ3) is 8.21. The summed E-state index contributed by atoms with van der Waals surface area (Å²) in [6, 6.07) is 27.2. The number of aliphatic hydroxyl groups is 1. The van der Waals surface area contributed by atoms with E-state index < -0.39 is 12.3 Å². The van der Waals surface area contributed by atoms with Crippen molar-refractivity contribution < 1.29 is 29.5 Å². The summed E-state index contributed by atoms with van der Waals surface area (Å²) in [5.74, 6) is 9.41. The Morgan fingerprint density at radius 2 is 1.73 bits per heavy atom. The number of fused-ring (bicyclic) bond motifs is 10. The molecule has 9 nitrogen and oxygen atoms in total. The maximum Gasteiger partial charge on any atom is 0.161 e. The number of nitrogens with two attached hydrogens (primary N) is 1. The van der Waals surface area contributed by atoms with E-state index in [9.17, 15) is 15.3 Å². The molecule has 6 N–H and O–H groups in total. The van der Waals surface area contributed by atoms with Gasteiger partial charge >= 0.3 is 0 Å². The summed E-state index contributed by atoms with van der Waals surface area (Å²) in [5, 5.41) is 38.4. The van der Waals surface area contributed by atoms with Gasteiger partial charge in [0.25, 0.3) is 0 Å². The van der Waals surface area contributed by atoms with Gasteiger partial charge in [0, 0.05) is 52.3 Å². The lowest BCUT2D eigenvalue weighted by Crippen LogP contribution is -2.51. The van der Waals surface area contributed by atoms with Crippen molar-refractivity contribution in [3.8, 4) is 29.1 Å². The molecule has 4 aliphatic heterocycles. The van der Waals surface area contributed by atoms with Crippen LogP contribution in [0.4, 0.5) is 0 Å². The second-order valence-corrected chi connectivity index (χ2v) is 20.2. The van der Waals surface area contributed by atoms with E-state index in [1.54, 1.807) is 18.2 Å². The van der Waals surface area contributed by atoms with Crippen LogP contribution in [-0.4, -0.2) is 58.1 Å². The summed E-state index contributed by atoms with van der Waals surface area (Å²) in [7, 11) is 0. The maximum atomic E-state index is 11.6. The fraction of sp³-hybridized carbons (Fsp3) is 0.439. The zero-order chi connectivity index (χ0) is 44.8. The van der Waals surface area contributed by atoms with E-state index in [1.165, 1.54) is 47.9 Å². The number of benzene rings is 4. The molecule has 5 heterocycles. The highest BCUT2D eigenvalue weighted by Crippen LogP contribution is 2.60. The van der Waals surface area contributed by atoms with E-state index in [0.29, 0.717) is 44.1 Å². The van der Waals surface area contributed by atoms with Gasteiger partial charge in [-0.25, -0.2) is 0 Å². The smallest absolute Gasteiger partial charge is 0.161 e. The Hall–Kier alpha value is -5.50. The minimum absolute atomic E-state index is 0.0980. The molecule has 2 aliphatic carbocycles. The number of hydrogen-bond acceptors (Lipinski definition) is 8.